The summed E-state index contributed by atoms with van der Waals surface area (Å²) in [6.07, 6.45) is 21.4. The van der Waals surface area contributed by atoms with E-state index in [2.05, 4.69) is 226 Å². The molecule has 0 bridgehead atoms. The van der Waals surface area contributed by atoms with Crippen LogP contribution in [0.1, 0.15) is 36.1 Å². The standard InChI is InChI=1S/C51H47N2/c1-50(2)46(52(3)44-34-32-40-26-18-20-28-42(40)48(44)50)30-16-8-6-5-7-9-17-31-47-51(36-38-22-12-10-13-23-38,37-39-24-14-11-15-25-39)49-43-29-21-19-27-41(43)33-35-45(49)53(47)4/h5-35H,36-37H2,1-4H3/q+1. The molecule has 0 saturated heterocycles. The summed E-state index contributed by atoms with van der Waals surface area (Å²) in [6, 6.07) is 48.7. The fourth-order valence-electron chi connectivity index (χ4n) is 9.01. The Morgan fingerprint density at radius 3 is 1.68 bits per heavy atom. The Bertz CT molecular complexity index is 2450. The summed E-state index contributed by atoms with van der Waals surface area (Å²) in [6.45, 7) is 4.67. The second-order valence-corrected chi connectivity index (χ2v) is 15.0. The number of likely N-dealkylation sites (N-methyl/N-ethyl adjacent to an activating group) is 1. The van der Waals surface area contributed by atoms with Gasteiger partial charge in [0, 0.05) is 41.6 Å². The van der Waals surface area contributed by atoms with Crippen molar-refractivity contribution >= 4 is 38.6 Å². The van der Waals surface area contributed by atoms with E-state index in [4.69, 9.17) is 0 Å². The summed E-state index contributed by atoms with van der Waals surface area (Å²) in [5, 5.41) is 5.24. The van der Waals surface area contributed by atoms with Gasteiger partial charge in [-0.15, -0.1) is 0 Å². The minimum Gasteiger partial charge on any atom is -0.347 e. The van der Waals surface area contributed by atoms with Crippen LogP contribution < -0.4 is 4.90 Å². The van der Waals surface area contributed by atoms with E-state index in [1.807, 2.05) is 0 Å². The molecular weight excluding hydrogens is 641 g/mol. The summed E-state index contributed by atoms with van der Waals surface area (Å²) < 4.78 is 2.42. The van der Waals surface area contributed by atoms with Gasteiger partial charge in [-0.05, 0) is 69.3 Å². The molecule has 0 aromatic heterocycles. The van der Waals surface area contributed by atoms with Gasteiger partial charge in [-0.3, -0.25) is 0 Å². The van der Waals surface area contributed by atoms with E-state index >= 15 is 0 Å². The molecule has 2 nitrogen and oxygen atoms in total. The Morgan fingerprint density at radius 2 is 1.06 bits per heavy atom. The molecule has 260 valence electrons. The zero-order valence-corrected chi connectivity index (χ0v) is 31.2. The Morgan fingerprint density at radius 1 is 0.547 bits per heavy atom. The summed E-state index contributed by atoms with van der Waals surface area (Å²) in [5.74, 6) is 0. The van der Waals surface area contributed by atoms with Gasteiger partial charge in [0.05, 0.1) is 5.41 Å². The Kier molecular flexibility index (Phi) is 9.14. The zero-order valence-electron chi connectivity index (χ0n) is 31.2. The minimum atomic E-state index is -0.253. The summed E-state index contributed by atoms with van der Waals surface area (Å²) in [5.41, 5.74) is 10.3. The Balaban J connectivity index is 1.07. The fourth-order valence-corrected chi connectivity index (χ4v) is 9.01. The molecule has 6 aromatic carbocycles. The summed E-state index contributed by atoms with van der Waals surface area (Å²) in [4.78, 5) is 2.34. The van der Waals surface area contributed by atoms with Crippen molar-refractivity contribution in [3.05, 3.63) is 216 Å². The van der Waals surface area contributed by atoms with Gasteiger partial charge in [-0.25, -0.2) is 0 Å². The molecule has 53 heavy (non-hydrogen) atoms. The molecule has 8 rings (SSSR count). The van der Waals surface area contributed by atoms with Gasteiger partial charge in [0.25, 0.3) is 0 Å². The highest BCUT2D eigenvalue weighted by atomic mass is 15.2. The lowest BCUT2D eigenvalue weighted by Crippen LogP contribution is -2.39. The van der Waals surface area contributed by atoms with E-state index in [9.17, 15) is 0 Å². The molecule has 0 saturated carbocycles. The van der Waals surface area contributed by atoms with Crippen molar-refractivity contribution in [3.8, 4) is 0 Å². The van der Waals surface area contributed by atoms with Crippen molar-refractivity contribution in [3.63, 3.8) is 0 Å². The smallest absolute Gasteiger partial charge is 0.210 e. The van der Waals surface area contributed by atoms with Crippen LogP contribution in [0.25, 0.3) is 21.5 Å². The molecule has 0 spiro atoms. The number of fused-ring (bicyclic) bond motifs is 6. The molecule has 6 aromatic rings. The van der Waals surface area contributed by atoms with Gasteiger partial charge in [-0.2, -0.15) is 4.58 Å². The largest absolute Gasteiger partial charge is 0.347 e. The van der Waals surface area contributed by atoms with Crippen LogP contribution in [0.3, 0.4) is 0 Å². The van der Waals surface area contributed by atoms with Crippen LogP contribution in [0.2, 0.25) is 0 Å². The van der Waals surface area contributed by atoms with Crippen LogP contribution in [0, 0.1) is 0 Å². The van der Waals surface area contributed by atoms with E-state index in [0.29, 0.717) is 0 Å². The second-order valence-electron chi connectivity index (χ2n) is 15.0. The van der Waals surface area contributed by atoms with Crippen LogP contribution >= 0.6 is 0 Å². The third kappa shape index (κ3) is 6.19. The predicted molar refractivity (Wildman–Crippen MR) is 227 cm³/mol. The third-order valence-electron chi connectivity index (χ3n) is 11.4. The number of benzene rings is 6. The van der Waals surface area contributed by atoms with E-state index in [0.717, 1.165) is 12.8 Å². The highest BCUT2D eigenvalue weighted by Gasteiger charge is 2.51. The second kappa shape index (κ2) is 14.2. The molecule has 2 heteroatoms. The quantitative estimate of drug-likeness (QED) is 0.108. The van der Waals surface area contributed by atoms with Crippen molar-refractivity contribution in [1.82, 2.24) is 0 Å². The minimum absolute atomic E-state index is 0.0864. The third-order valence-corrected chi connectivity index (χ3v) is 11.4. The molecule has 0 N–H and O–H groups in total. The van der Waals surface area contributed by atoms with Crippen molar-refractivity contribution in [1.29, 1.82) is 0 Å². The summed E-state index contributed by atoms with van der Waals surface area (Å²) in [7, 11) is 4.42. The highest BCUT2D eigenvalue weighted by molar-refractivity contribution is 6.08. The van der Waals surface area contributed by atoms with Gasteiger partial charge in [-0.1, -0.05) is 172 Å². The molecule has 0 amide bonds. The Labute approximate surface area is 314 Å². The number of rotatable bonds is 9. The molecule has 0 atom stereocenters. The van der Waals surface area contributed by atoms with Crippen LogP contribution in [0.15, 0.2) is 194 Å². The van der Waals surface area contributed by atoms with Crippen LogP contribution in [-0.2, 0) is 23.7 Å². The summed E-state index contributed by atoms with van der Waals surface area (Å²) >= 11 is 0. The first-order chi connectivity index (χ1) is 25.9. The molecule has 0 fully saturated rings. The van der Waals surface area contributed by atoms with E-state index in [1.165, 1.54) is 66.6 Å². The number of hydrogen-bond acceptors (Lipinski definition) is 1. The van der Waals surface area contributed by atoms with E-state index in [-0.39, 0.29) is 10.8 Å². The molecule has 0 unspecified atom stereocenters. The first-order valence-electron chi connectivity index (χ1n) is 18.7. The van der Waals surface area contributed by atoms with E-state index < -0.39 is 0 Å². The molecule has 0 radical (unpaired) electrons. The molecular formula is C51H47N2+. The van der Waals surface area contributed by atoms with Gasteiger partial charge in [0.2, 0.25) is 5.69 Å². The van der Waals surface area contributed by atoms with Crippen molar-refractivity contribution in [2.24, 2.45) is 0 Å². The van der Waals surface area contributed by atoms with Crippen LogP contribution in [-0.4, -0.2) is 24.4 Å². The van der Waals surface area contributed by atoms with Gasteiger partial charge >= 0.3 is 0 Å². The SMILES string of the molecule is CN1/C(=C/C=C/C=C/C=C/C=C/C2=[N+](C)c3ccc4ccccc4c3C2(Cc2ccccc2)Cc2ccccc2)C(C)(C)c2c1ccc1ccccc21. The maximum Gasteiger partial charge on any atom is 0.210 e. The molecule has 2 heterocycles. The lowest BCUT2D eigenvalue weighted by Gasteiger charge is -2.29. The van der Waals surface area contributed by atoms with Crippen LogP contribution in [0.4, 0.5) is 11.4 Å². The lowest BCUT2D eigenvalue weighted by molar-refractivity contribution is -0.401. The van der Waals surface area contributed by atoms with E-state index in [1.54, 1.807) is 0 Å². The van der Waals surface area contributed by atoms with Crippen LogP contribution in [0.5, 0.6) is 0 Å². The average Bonchev–Trinajstić information content (AvgIpc) is 3.53. The van der Waals surface area contributed by atoms with Gasteiger partial charge in [0.1, 0.15) is 7.05 Å². The topological polar surface area (TPSA) is 6.25 Å². The first kappa shape index (κ1) is 34.1. The van der Waals surface area contributed by atoms with Gasteiger partial charge in [0.15, 0.2) is 5.71 Å². The number of nitrogens with zero attached hydrogens (tertiary/aromatic N) is 2. The molecule has 2 aliphatic heterocycles. The number of hydrogen-bond donors (Lipinski definition) is 0. The first-order valence-corrected chi connectivity index (χ1v) is 18.7. The van der Waals surface area contributed by atoms with Crippen molar-refractivity contribution in [2.75, 3.05) is 19.0 Å². The number of anilines is 1. The normalized spacial score (nSPS) is 17.1. The fraction of sp³-hybridized carbons (Fsp3) is 0.157. The Hall–Kier alpha value is -5.99. The molecule has 0 aliphatic carbocycles. The van der Waals surface area contributed by atoms with Crippen molar-refractivity contribution < 1.29 is 4.58 Å². The predicted octanol–water partition coefficient (Wildman–Crippen LogP) is 12.0. The number of allylic oxidation sites excluding steroid dienone is 10. The highest BCUT2D eigenvalue weighted by Crippen LogP contribution is 2.50. The molecule has 2 aliphatic rings. The van der Waals surface area contributed by atoms with Crippen molar-refractivity contribution in [2.45, 2.75) is 37.5 Å². The zero-order chi connectivity index (χ0) is 36.4. The van der Waals surface area contributed by atoms with Gasteiger partial charge < -0.3 is 4.90 Å². The maximum absolute atomic E-state index is 2.42. The maximum atomic E-state index is 2.42. The lowest BCUT2D eigenvalue weighted by atomic mass is 9.68. The average molecular weight is 688 g/mol. The monoisotopic (exact) mass is 687 g/mol.